The number of hydrogen-bond acceptors (Lipinski definition) is 3. The number of hydrogen-bond donors (Lipinski definition) is 1. The van der Waals surface area contributed by atoms with Crippen LogP contribution >= 0.6 is 39.1 Å². The minimum Gasteiger partial charge on any atom is -0.338 e. The molecule has 21 heavy (non-hydrogen) atoms. The van der Waals surface area contributed by atoms with Gasteiger partial charge in [-0.3, -0.25) is 0 Å². The zero-order valence-corrected chi connectivity index (χ0v) is 14.7. The maximum absolute atomic E-state index is 13.2. The number of aromatic nitrogens is 2. The molecule has 0 aliphatic heterocycles. The molecule has 0 atom stereocenters. The van der Waals surface area contributed by atoms with Gasteiger partial charge >= 0.3 is 0 Å². The van der Waals surface area contributed by atoms with Crippen molar-refractivity contribution in [1.82, 2.24) is 9.97 Å². The van der Waals surface area contributed by atoms with Crippen molar-refractivity contribution in [2.45, 2.75) is 26.2 Å². The molecule has 1 heterocycles. The Kier molecular flexibility index (Phi) is 4.76. The molecule has 0 amide bonds. The molecule has 0 radical (unpaired) electrons. The van der Waals surface area contributed by atoms with Crippen molar-refractivity contribution >= 4 is 50.6 Å². The van der Waals surface area contributed by atoms with Crippen LogP contribution in [-0.4, -0.2) is 9.97 Å². The van der Waals surface area contributed by atoms with Gasteiger partial charge in [-0.25, -0.2) is 14.4 Å². The highest BCUT2D eigenvalue weighted by Gasteiger charge is 2.19. The van der Waals surface area contributed by atoms with E-state index in [0.29, 0.717) is 21.9 Å². The Labute approximate surface area is 141 Å². The van der Waals surface area contributed by atoms with Crippen LogP contribution in [-0.2, 0) is 5.41 Å². The van der Waals surface area contributed by atoms with Crippen molar-refractivity contribution in [1.29, 1.82) is 0 Å². The third kappa shape index (κ3) is 4.05. The molecule has 0 saturated heterocycles. The van der Waals surface area contributed by atoms with Crippen LogP contribution in [0.15, 0.2) is 22.8 Å². The summed E-state index contributed by atoms with van der Waals surface area (Å²) in [4.78, 5) is 8.79. The zero-order valence-electron chi connectivity index (χ0n) is 11.6. The molecular weight excluding hydrogens is 380 g/mol. The van der Waals surface area contributed by atoms with Gasteiger partial charge in [0, 0.05) is 11.5 Å². The predicted molar refractivity (Wildman–Crippen MR) is 88.1 cm³/mol. The van der Waals surface area contributed by atoms with E-state index in [9.17, 15) is 4.39 Å². The standard InChI is InChI=1S/C14H13BrCl2FN3/c1-14(2,3)13-19-10(15)6-11(21-13)20-12-8(16)4-7(18)5-9(12)17/h4-6H,1-3H3,(H,19,20,21). The summed E-state index contributed by atoms with van der Waals surface area (Å²) in [5.74, 6) is 0.695. The van der Waals surface area contributed by atoms with Gasteiger partial charge in [0.15, 0.2) is 0 Å². The average molecular weight is 393 g/mol. The largest absolute Gasteiger partial charge is 0.338 e. The Bertz CT molecular complexity index is 663. The molecule has 0 bridgehead atoms. The van der Waals surface area contributed by atoms with Gasteiger partial charge in [-0.2, -0.15) is 0 Å². The number of anilines is 2. The van der Waals surface area contributed by atoms with Crippen molar-refractivity contribution in [3.8, 4) is 0 Å². The predicted octanol–water partition coefficient (Wildman–Crippen LogP) is 5.73. The van der Waals surface area contributed by atoms with E-state index in [1.165, 1.54) is 12.1 Å². The first-order chi connectivity index (χ1) is 9.66. The SMILES string of the molecule is CC(C)(C)c1nc(Br)cc(Nc2c(Cl)cc(F)cc2Cl)n1. The molecule has 0 aliphatic carbocycles. The summed E-state index contributed by atoms with van der Waals surface area (Å²) in [6.07, 6.45) is 0. The van der Waals surface area contributed by atoms with Gasteiger partial charge in [-0.15, -0.1) is 0 Å². The van der Waals surface area contributed by atoms with Gasteiger partial charge in [-0.05, 0) is 28.1 Å². The molecule has 0 fully saturated rings. The van der Waals surface area contributed by atoms with Crippen LogP contribution in [0.25, 0.3) is 0 Å². The van der Waals surface area contributed by atoms with E-state index >= 15 is 0 Å². The van der Waals surface area contributed by atoms with E-state index in [1.807, 2.05) is 20.8 Å². The summed E-state index contributed by atoms with van der Waals surface area (Å²) in [6, 6.07) is 4.08. The van der Waals surface area contributed by atoms with Gasteiger partial charge in [-0.1, -0.05) is 44.0 Å². The van der Waals surface area contributed by atoms with E-state index in [0.717, 1.165) is 0 Å². The highest BCUT2D eigenvalue weighted by molar-refractivity contribution is 9.10. The molecule has 7 heteroatoms. The lowest BCUT2D eigenvalue weighted by atomic mass is 9.96. The maximum Gasteiger partial charge on any atom is 0.137 e. The quantitative estimate of drug-likeness (QED) is 0.663. The van der Waals surface area contributed by atoms with Crippen LogP contribution in [0.1, 0.15) is 26.6 Å². The van der Waals surface area contributed by atoms with Gasteiger partial charge < -0.3 is 5.32 Å². The monoisotopic (exact) mass is 391 g/mol. The molecule has 1 N–H and O–H groups in total. The Hall–Kier alpha value is -0.910. The van der Waals surface area contributed by atoms with Crippen molar-refractivity contribution in [3.63, 3.8) is 0 Å². The number of nitrogens with one attached hydrogen (secondary N) is 1. The van der Waals surface area contributed by atoms with Gasteiger partial charge in [0.25, 0.3) is 0 Å². The summed E-state index contributed by atoms with van der Waals surface area (Å²) in [6.45, 7) is 6.03. The fourth-order valence-corrected chi connectivity index (χ4v) is 2.55. The molecule has 2 rings (SSSR count). The fourth-order valence-electron chi connectivity index (χ4n) is 1.61. The van der Waals surface area contributed by atoms with Gasteiger partial charge in [0.1, 0.15) is 22.1 Å². The second-order valence-corrected chi connectivity index (χ2v) is 7.15. The summed E-state index contributed by atoms with van der Waals surface area (Å²) >= 11 is 15.4. The summed E-state index contributed by atoms with van der Waals surface area (Å²) < 4.78 is 13.8. The minimum absolute atomic E-state index is 0.187. The maximum atomic E-state index is 13.2. The van der Waals surface area contributed by atoms with Crippen molar-refractivity contribution in [2.24, 2.45) is 0 Å². The van der Waals surface area contributed by atoms with Gasteiger partial charge in [0.05, 0.1) is 15.7 Å². The van der Waals surface area contributed by atoms with Gasteiger partial charge in [0.2, 0.25) is 0 Å². The molecule has 0 aliphatic rings. The zero-order chi connectivity index (χ0) is 15.8. The summed E-state index contributed by atoms with van der Waals surface area (Å²) in [7, 11) is 0. The Balaban J connectivity index is 2.43. The first-order valence-corrected chi connectivity index (χ1v) is 7.68. The molecule has 0 spiro atoms. The van der Waals surface area contributed by atoms with Crippen LogP contribution in [0.3, 0.4) is 0 Å². The molecule has 1 aromatic carbocycles. The smallest absolute Gasteiger partial charge is 0.137 e. The Morgan fingerprint density at radius 1 is 1.10 bits per heavy atom. The molecule has 0 saturated carbocycles. The summed E-state index contributed by atoms with van der Waals surface area (Å²) in [5, 5.41) is 3.38. The Morgan fingerprint density at radius 3 is 2.19 bits per heavy atom. The van der Waals surface area contributed by atoms with Crippen LogP contribution in [0.2, 0.25) is 10.0 Å². The van der Waals surface area contributed by atoms with Crippen molar-refractivity contribution < 1.29 is 4.39 Å². The minimum atomic E-state index is -0.491. The van der Waals surface area contributed by atoms with E-state index in [2.05, 4.69) is 31.2 Å². The third-order valence-electron chi connectivity index (χ3n) is 2.63. The normalized spacial score (nSPS) is 11.6. The van der Waals surface area contributed by atoms with Crippen LogP contribution < -0.4 is 5.32 Å². The molecule has 0 unspecified atom stereocenters. The number of nitrogens with zero attached hydrogens (tertiary/aromatic N) is 2. The topological polar surface area (TPSA) is 37.8 Å². The first-order valence-electron chi connectivity index (χ1n) is 6.13. The highest BCUT2D eigenvalue weighted by atomic mass is 79.9. The fraction of sp³-hybridized carbons (Fsp3) is 0.286. The molecule has 112 valence electrons. The number of benzene rings is 1. The molecule has 1 aromatic heterocycles. The van der Waals surface area contributed by atoms with Crippen molar-refractivity contribution in [2.75, 3.05) is 5.32 Å². The third-order valence-corrected chi connectivity index (χ3v) is 3.63. The number of rotatable bonds is 2. The van der Waals surface area contributed by atoms with E-state index in [-0.39, 0.29) is 15.5 Å². The summed E-state index contributed by atoms with van der Waals surface area (Å²) in [5.41, 5.74) is 0.196. The lowest BCUT2D eigenvalue weighted by Gasteiger charge is -2.18. The van der Waals surface area contributed by atoms with Crippen molar-refractivity contribution in [3.05, 3.63) is 44.5 Å². The van der Waals surface area contributed by atoms with Crippen LogP contribution in [0, 0.1) is 5.82 Å². The molecule has 2 aromatic rings. The lowest BCUT2D eigenvalue weighted by Crippen LogP contribution is -2.17. The van der Waals surface area contributed by atoms with E-state index in [1.54, 1.807) is 6.07 Å². The van der Waals surface area contributed by atoms with Crippen LogP contribution in [0.5, 0.6) is 0 Å². The second-order valence-electron chi connectivity index (χ2n) is 5.52. The first kappa shape index (κ1) is 16.5. The molecular formula is C14H13BrCl2FN3. The average Bonchev–Trinajstić information content (AvgIpc) is 2.32. The Morgan fingerprint density at radius 2 is 1.67 bits per heavy atom. The van der Waals surface area contributed by atoms with E-state index < -0.39 is 5.82 Å². The second kappa shape index (κ2) is 6.07. The highest BCUT2D eigenvalue weighted by Crippen LogP contribution is 2.34. The number of halogens is 4. The van der Waals surface area contributed by atoms with E-state index in [4.69, 9.17) is 23.2 Å². The van der Waals surface area contributed by atoms with Crippen LogP contribution in [0.4, 0.5) is 15.9 Å². The lowest BCUT2D eigenvalue weighted by molar-refractivity contribution is 0.544. The molecule has 3 nitrogen and oxygen atoms in total.